The Labute approximate surface area is 183 Å². The van der Waals surface area contributed by atoms with Crippen molar-refractivity contribution >= 4 is 14.4 Å². The molecule has 2 aliphatic rings. The minimum atomic E-state index is -1.86. The number of hydrogen-bond acceptors (Lipinski definition) is 5. The molecule has 2 aliphatic heterocycles. The summed E-state index contributed by atoms with van der Waals surface area (Å²) in [5.74, 6) is 0. The van der Waals surface area contributed by atoms with Gasteiger partial charge in [0.1, 0.15) is 6.61 Å². The number of cyclic esters (lactones) is 1. The van der Waals surface area contributed by atoms with Crippen LogP contribution in [0.5, 0.6) is 0 Å². The van der Waals surface area contributed by atoms with Crippen molar-refractivity contribution in [1.82, 2.24) is 4.90 Å². The van der Waals surface area contributed by atoms with Crippen molar-refractivity contribution in [3.8, 4) is 0 Å². The predicted molar refractivity (Wildman–Crippen MR) is 121 cm³/mol. The summed E-state index contributed by atoms with van der Waals surface area (Å²) in [7, 11) is -1.86. The van der Waals surface area contributed by atoms with Crippen molar-refractivity contribution in [3.05, 3.63) is 17.9 Å². The number of carbonyl (C=O) groups excluding carboxylic acids is 1. The van der Waals surface area contributed by atoms with Crippen LogP contribution in [-0.4, -0.2) is 64.6 Å². The van der Waals surface area contributed by atoms with Gasteiger partial charge in [-0.25, -0.2) is 4.79 Å². The first-order valence-corrected chi connectivity index (χ1v) is 13.6. The molecule has 172 valence electrons. The Morgan fingerprint density at radius 1 is 1.13 bits per heavy atom. The molecule has 7 heteroatoms. The monoisotopic (exact) mass is 439 g/mol. The Kier molecular flexibility index (Phi) is 10.1. The lowest BCUT2D eigenvalue weighted by atomic mass is 10.2. The van der Waals surface area contributed by atoms with Gasteiger partial charge in [-0.15, -0.1) is 5.73 Å². The molecule has 0 aliphatic carbocycles. The fourth-order valence-electron chi connectivity index (χ4n) is 4.88. The highest BCUT2D eigenvalue weighted by atomic mass is 28.4. The quantitative estimate of drug-likeness (QED) is 0.325. The summed E-state index contributed by atoms with van der Waals surface area (Å²) in [6.45, 7) is 16.3. The topological polar surface area (TPSA) is 57.2 Å². The van der Waals surface area contributed by atoms with Gasteiger partial charge >= 0.3 is 6.09 Å². The Hall–Kier alpha value is -1.11. The number of nitrogens with zero attached hydrogens (tertiary/aromatic N) is 1. The molecule has 0 aromatic heterocycles. The van der Waals surface area contributed by atoms with Gasteiger partial charge in [-0.1, -0.05) is 41.5 Å². The van der Waals surface area contributed by atoms with Crippen LogP contribution in [0.2, 0.25) is 16.6 Å². The highest BCUT2D eigenvalue weighted by molar-refractivity contribution is 6.77. The van der Waals surface area contributed by atoms with Crippen molar-refractivity contribution in [2.45, 2.75) is 89.8 Å². The lowest BCUT2D eigenvalue weighted by Gasteiger charge is -2.41. The SMILES string of the molecule is CC(C)[Si](OCC=C=CCN1C(=O)OC[C@@H]1COC1CCCCO1)(C(C)C)C(C)C. The van der Waals surface area contributed by atoms with E-state index in [4.69, 9.17) is 18.6 Å². The van der Waals surface area contributed by atoms with Crippen LogP contribution in [-0.2, 0) is 18.6 Å². The van der Waals surface area contributed by atoms with Crippen LogP contribution in [0.3, 0.4) is 0 Å². The Bertz CT molecular complexity index is 573. The van der Waals surface area contributed by atoms with Crippen LogP contribution in [0.1, 0.15) is 60.8 Å². The maximum atomic E-state index is 12.1. The molecule has 0 spiro atoms. The molecule has 0 N–H and O–H groups in total. The third-order valence-corrected chi connectivity index (χ3v) is 12.4. The standard InChI is InChI=1S/C23H41NO5Si/c1-18(2)30(19(3)4,20(5)6)29-15-10-7-9-13-24-21(17-28-23(24)25)16-27-22-12-8-11-14-26-22/h9-10,18-22H,8,11-17H2,1-6H3/t7?,21-,22?/m0/s1. The van der Waals surface area contributed by atoms with Crippen molar-refractivity contribution < 1.29 is 23.4 Å². The zero-order valence-corrected chi connectivity index (χ0v) is 20.7. The van der Waals surface area contributed by atoms with Gasteiger partial charge in [-0.05, 0) is 48.0 Å². The average Bonchev–Trinajstić information content (AvgIpc) is 3.05. The maximum absolute atomic E-state index is 12.1. The lowest BCUT2D eigenvalue weighted by molar-refractivity contribution is -0.168. The van der Waals surface area contributed by atoms with Gasteiger partial charge < -0.3 is 18.6 Å². The van der Waals surface area contributed by atoms with E-state index >= 15 is 0 Å². The smallest absolute Gasteiger partial charge is 0.410 e. The van der Waals surface area contributed by atoms with Gasteiger partial charge in [-0.2, -0.15) is 0 Å². The van der Waals surface area contributed by atoms with Crippen molar-refractivity contribution in [2.75, 3.05) is 33.0 Å². The fourth-order valence-corrected chi connectivity index (χ4v) is 10.3. The number of rotatable bonds is 11. The summed E-state index contributed by atoms with van der Waals surface area (Å²) in [6, 6.07) is -0.0831. The molecule has 0 saturated carbocycles. The van der Waals surface area contributed by atoms with Crippen molar-refractivity contribution in [2.24, 2.45) is 0 Å². The van der Waals surface area contributed by atoms with E-state index in [1.165, 1.54) is 0 Å². The van der Waals surface area contributed by atoms with E-state index in [0.29, 0.717) is 43.0 Å². The number of hydrogen-bond donors (Lipinski definition) is 0. The van der Waals surface area contributed by atoms with E-state index in [1.54, 1.807) is 4.90 Å². The van der Waals surface area contributed by atoms with Crippen LogP contribution in [0.4, 0.5) is 4.79 Å². The zero-order valence-electron chi connectivity index (χ0n) is 19.7. The molecule has 2 fully saturated rings. The van der Waals surface area contributed by atoms with Gasteiger partial charge in [0.25, 0.3) is 0 Å². The molecule has 0 aromatic rings. The Morgan fingerprint density at radius 3 is 2.43 bits per heavy atom. The lowest BCUT2D eigenvalue weighted by Crippen LogP contribution is -2.47. The molecule has 30 heavy (non-hydrogen) atoms. The molecule has 0 radical (unpaired) electrons. The van der Waals surface area contributed by atoms with E-state index in [1.807, 2.05) is 12.2 Å². The second-order valence-corrected chi connectivity index (χ2v) is 14.7. The zero-order chi connectivity index (χ0) is 22.1. The molecule has 2 saturated heterocycles. The molecular weight excluding hydrogens is 398 g/mol. The molecule has 0 aromatic carbocycles. The highest BCUT2D eigenvalue weighted by Gasteiger charge is 2.44. The highest BCUT2D eigenvalue weighted by Crippen LogP contribution is 2.42. The molecule has 2 rings (SSSR count). The van der Waals surface area contributed by atoms with Crippen LogP contribution < -0.4 is 0 Å². The summed E-state index contributed by atoms with van der Waals surface area (Å²) >= 11 is 0. The molecule has 2 heterocycles. The van der Waals surface area contributed by atoms with Gasteiger partial charge in [0.05, 0.1) is 19.3 Å². The minimum absolute atomic E-state index is 0.0831. The van der Waals surface area contributed by atoms with Crippen LogP contribution in [0, 0.1) is 0 Å². The number of carbonyl (C=O) groups is 1. The van der Waals surface area contributed by atoms with Crippen molar-refractivity contribution in [1.29, 1.82) is 0 Å². The van der Waals surface area contributed by atoms with E-state index < -0.39 is 8.32 Å². The second-order valence-electron chi connectivity index (χ2n) is 9.22. The van der Waals surface area contributed by atoms with E-state index in [0.717, 1.165) is 25.9 Å². The first-order chi connectivity index (χ1) is 14.3. The molecule has 1 unspecified atom stereocenters. The maximum Gasteiger partial charge on any atom is 0.410 e. The average molecular weight is 440 g/mol. The Morgan fingerprint density at radius 2 is 1.83 bits per heavy atom. The summed E-state index contributed by atoms with van der Waals surface area (Å²) in [4.78, 5) is 13.7. The summed E-state index contributed by atoms with van der Waals surface area (Å²) in [6.07, 6.45) is 6.47. The third-order valence-electron chi connectivity index (χ3n) is 6.33. The van der Waals surface area contributed by atoms with Crippen LogP contribution in [0.15, 0.2) is 17.9 Å². The first-order valence-electron chi connectivity index (χ1n) is 11.5. The molecular formula is C23H41NO5Si. The Balaban J connectivity index is 1.84. The second kappa shape index (κ2) is 12.1. The first kappa shape index (κ1) is 25.2. The third kappa shape index (κ3) is 6.44. The molecule has 1 amide bonds. The van der Waals surface area contributed by atoms with Gasteiger partial charge in [0.2, 0.25) is 8.32 Å². The van der Waals surface area contributed by atoms with Gasteiger partial charge in [-0.3, -0.25) is 4.90 Å². The van der Waals surface area contributed by atoms with Crippen molar-refractivity contribution in [3.63, 3.8) is 0 Å². The van der Waals surface area contributed by atoms with Crippen LogP contribution >= 0.6 is 0 Å². The van der Waals surface area contributed by atoms with Gasteiger partial charge in [0, 0.05) is 13.2 Å². The summed E-state index contributed by atoms with van der Waals surface area (Å²) in [5, 5.41) is 0. The number of amides is 1. The molecule has 0 bridgehead atoms. The summed E-state index contributed by atoms with van der Waals surface area (Å²) < 4.78 is 23.1. The molecule has 6 nitrogen and oxygen atoms in total. The largest absolute Gasteiger partial charge is 0.447 e. The van der Waals surface area contributed by atoms with E-state index in [9.17, 15) is 4.79 Å². The van der Waals surface area contributed by atoms with Crippen LogP contribution in [0.25, 0.3) is 0 Å². The molecule has 2 atom stereocenters. The van der Waals surface area contributed by atoms with Gasteiger partial charge in [0.15, 0.2) is 6.29 Å². The normalized spacial score (nSPS) is 22.6. The number of ether oxygens (including phenoxy) is 3. The summed E-state index contributed by atoms with van der Waals surface area (Å²) in [5.41, 5.74) is 4.86. The fraction of sp³-hybridized carbons (Fsp3) is 0.826. The van der Waals surface area contributed by atoms with E-state index in [-0.39, 0.29) is 18.4 Å². The predicted octanol–water partition coefficient (Wildman–Crippen LogP) is 5.25. The minimum Gasteiger partial charge on any atom is -0.447 e. The van der Waals surface area contributed by atoms with E-state index in [2.05, 4.69) is 47.3 Å².